The van der Waals surface area contributed by atoms with Gasteiger partial charge < -0.3 is 10.4 Å². The third-order valence-electron chi connectivity index (χ3n) is 2.71. The number of hydrogen-bond donors (Lipinski definition) is 2. The second-order valence-corrected chi connectivity index (χ2v) is 5.87. The molecule has 2 N–H and O–H groups in total. The standard InChI is InChI=1S/C14H15N3O2S2/c1-2-11-13(21-17-16-11)14(19)15-9-12-10(6-8-20-12)5-3-4-7-18/h6,8,18H,2,4,7,9H2,1H3,(H,15,19). The van der Waals surface area contributed by atoms with Crippen LogP contribution in [0.3, 0.4) is 0 Å². The van der Waals surface area contributed by atoms with Crippen molar-refractivity contribution in [3.8, 4) is 11.8 Å². The summed E-state index contributed by atoms with van der Waals surface area (Å²) in [6.45, 7) is 2.43. The van der Waals surface area contributed by atoms with Gasteiger partial charge in [-0.25, -0.2) is 0 Å². The Morgan fingerprint density at radius 2 is 2.38 bits per heavy atom. The van der Waals surface area contributed by atoms with E-state index in [9.17, 15) is 4.79 Å². The van der Waals surface area contributed by atoms with E-state index in [0.717, 1.165) is 27.7 Å². The van der Waals surface area contributed by atoms with E-state index in [-0.39, 0.29) is 12.5 Å². The van der Waals surface area contributed by atoms with Crippen molar-refractivity contribution in [3.05, 3.63) is 32.5 Å². The number of aliphatic hydroxyl groups excluding tert-OH is 1. The fourth-order valence-corrected chi connectivity index (χ4v) is 3.09. The van der Waals surface area contributed by atoms with E-state index in [0.29, 0.717) is 24.3 Å². The number of hydrogen-bond acceptors (Lipinski definition) is 6. The van der Waals surface area contributed by atoms with Crippen molar-refractivity contribution in [3.63, 3.8) is 0 Å². The van der Waals surface area contributed by atoms with Gasteiger partial charge in [0.2, 0.25) is 0 Å². The molecular weight excluding hydrogens is 306 g/mol. The number of aryl methyl sites for hydroxylation is 1. The number of amides is 1. The summed E-state index contributed by atoms with van der Waals surface area (Å²) in [5.41, 5.74) is 1.62. The first-order valence-electron chi connectivity index (χ1n) is 6.51. The largest absolute Gasteiger partial charge is 0.395 e. The summed E-state index contributed by atoms with van der Waals surface area (Å²) in [7, 11) is 0. The van der Waals surface area contributed by atoms with Gasteiger partial charge in [-0.15, -0.1) is 16.4 Å². The minimum Gasteiger partial charge on any atom is -0.395 e. The second-order valence-electron chi connectivity index (χ2n) is 4.12. The van der Waals surface area contributed by atoms with Crippen molar-refractivity contribution in [1.29, 1.82) is 0 Å². The molecule has 1 amide bonds. The smallest absolute Gasteiger partial charge is 0.265 e. The van der Waals surface area contributed by atoms with E-state index in [4.69, 9.17) is 5.11 Å². The molecule has 2 aromatic heterocycles. The average molecular weight is 321 g/mol. The summed E-state index contributed by atoms with van der Waals surface area (Å²) < 4.78 is 3.81. The molecule has 110 valence electrons. The number of nitrogens with zero attached hydrogens (tertiary/aromatic N) is 2. The Bertz CT molecular complexity index is 667. The quantitative estimate of drug-likeness (QED) is 0.824. The molecule has 0 aliphatic carbocycles. The number of carbonyl (C=O) groups excluding carboxylic acids is 1. The first-order valence-corrected chi connectivity index (χ1v) is 8.17. The zero-order valence-corrected chi connectivity index (χ0v) is 13.2. The highest BCUT2D eigenvalue weighted by Gasteiger charge is 2.15. The summed E-state index contributed by atoms with van der Waals surface area (Å²) in [5, 5.41) is 17.5. The highest BCUT2D eigenvalue weighted by molar-refractivity contribution is 7.10. The van der Waals surface area contributed by atoms with Crippen molar-refractivity contribution in [2.45, 2.75) is 26.3 Å². The van der Waals surface area contributed by atoms with Crippen LogP contribution in [-0.2, 0) is 13.0 Å². The highest BCUT2D eigenvalue weighted by Crippen LogP contribution is 2.16. The molecule has 2 aromatic rings. The Morgan fingerprint density at radius 3 is 3.14 bits per heavy atom. The Kier molecular flexibility index (Phi) is 5.87. The van der Waals surface area contributed by atoms with Crippen molar-refractivity contribution in [1.82, 2.24) is 14.9 Å². The third kappa shape index (κ3) is 4.11. The molecule has 7 heteroatoms. The Hall–Kier alpha value is -1.75. The normalized spacial score (nSPS) is 10.0. The van der Waals surface area contributed by atoms with Crippen LogP contribution < -0.4 is 5.32 Å². The monoisotopic (exact) mass is 321 g/mol. The lowest BCUT2D eigenvalue weighted by Gasteiger charge is -2.03. The molecular formula is C14H15N3O2S2. The van der Waals surface area contributed by atoms with E-state index < -0.39 is 0 Å². The second kappa shape index (κ2) is 7.88. The van der Waals surface area contributed by atoms with Gasteiger partial charge in [0, 0.05) is 16.9 Å². The van der Waals surface area contributed by atoms with Gasteiger partial charge in [-0.1, -0.05) is 23.3 Å². The first kappa shape index (κ1) is 15.6. The van der Waals surface area contributed by atoms with Crippen LogP contribution in [0.2, 0.25) is 0 Å². The molecule has 2 heterocycles. The molecule has 0 aliphatic rings. The molecule has 0 saturated heterocycles. The first-order chi connectivity index (χ1) is 10.3. The average Bonchev–Trinajstić information content (AvgIpc) is 3.13. The van der Waals surface area contributed by atoms with Gasteiger partial charge in [-0.3, -0.25) is 4.79 Å². The van der Waals surface area contributed by atoms with Gasteiger partial charge in [0.1, 0.15) is 4.88 Å². The van der Waals surface area contributed by atoms with Crippen LogP contribution in [0.1, 0.15) is 39.2 Å². The minimum atomic E-state index is -0.149. The maximum Gasteiger partial charge on any atom is 0.265 e. The van der Waals surface area contributed by atoms with Gasteiger partial charge in [-0.05, 0) is 29.4 Å². The van der Waals surface area contributed by atoms with E-state index in [1.165, 1.54) is 0 Å². The van der Waals surface area contributed by atoms with Gasteiger partial charge in [0.25, 0.3) is 5.91 Å². The topological polar surface area (TPSA) is 75.1 Å². The Balaban J connectivity index is 1.99. The molecule has 0 spiro atoms. The molecule has 0 aromatic carbocycles. The molecule has 2 rings (SSSR count). The zero-order chi connectivity index (χ0) is 15.1. The Labute approximate surface area is 131 Å². The fraction of sp³-hybridized carbons (Fsp3) is 0.357. The van der Waals surface area contributed by atoms with E-state index in [2.05, 4.69) is 26.7 Å². The van der Waals surface area contributed by atoms with Crippen molar-refractivity contribution in [2.75, 3.05) is 6.61 Å². The van der Waals surface area contributed by atoms with Gasteiger partial charge in [0.05, 0.1) is 18.8 Å². The number of nitrogens with one attached hydrogen (secondary N) is 1. The van der Waals surface area contributed by atoms with Crippen molar-refractivity contribution in [2.24, 2.45) is 0 Å². The van der Waals surface area contributed by atoms with Gasteiger partial charge in [0.15, 0.2) is 0 Å². The number of rotatable bonds is 5. The number of carbonyl (C=O) groups is 1. The minimum absolute atomic E-state index is 0.0569. The SMILES string of the molecule is CCc1nnsc1C(=O)NCc1sccc1C#CCCO. The van der Waals surface area contributed by atoms with Crippen LogP contribution in [0.15, 0.2) is 11.4 Å². The Morgan fingerprint density at radius 1 is 1.52 bits per heavy atom. The van der Waals surface area contributed by atoms with Crippen LogP contribution in [0.4, 0.5) is 0 Å². The zero-order valence-electron chi connectivity index (χ0n) is 11.5. The summed E-state index contributed by atoms with van der Waals surface area (Å²) in [5.74, 6) is 5.74. The molecule has 0 fully saturated rings. The molecule has 0 saturated carbocycles. The number of aliphatic hydroxyl groups is 1. The number of thiophene rings is 1. The number of aromatic nitrogens is 2. The van der Waals surface area contributed by atoms with Crippen LogP contribution in [0.25, 0.3) is 0 Å². The summed E-state index contributed by atoms with van der Waals surface area (Å²) in [4.78, 5) is 13.7. The van der Waals surface area contributed by atoms with Crippen molar-refractivity contribution >= 4 is 28.8 Å². The fourth-order valence-electron chi connectivity index (χ4n) is 1.66. The van der Waals surface area contributed by atoms with Gasteiger partial charge in [-0.2, -0.15) is 0 Å². The predicted octanol–water partition coefficient (Wildman–Crippen LogP) is 1.83. The molecule has 21 heavy (non-hydrogen) atoms. The maximum absolute atomic E-state index is 12.1. The predicted molar refractivity (Wildman–Crippen MR) is 83.4 cm³/mol. The van der Waals surface area contributed by atoms with Crippen LogP contribution in [-0.4, -0.2) is 27.2 Å². The summed E-state index contributed by atoms with van der Waals surface area (Å²) in [6, 6.07) is 1.92. The van der Waals surface area contributed by atoms with Crippen LogP contribution >= 0.6 is 22.9 Å². The maximum atomic E-state index is 12.1. The third-order valence-corrected chi connectivity index (χ3v) is 4.40. The lowest BCUT2D eigenvalue weighted by atomic mass is 10.2. The lowest BCUT2D eigenvalue weighted by molar-refractivity contribution is 0.0954. The van der Waals surface area contributed by atoms with Crippen molar-refractivity contribution < 1.29 is 9.90 Å². The van der Waals surface area contributed by atoms with Crippen LogP contribution in [0.5, 0.6) is 0 Å². The van der Waals surface area contributed by atoms with E-state index in [1.54, 1.807) is 11.3 Å². The lowest BCUT2D eigenvalue weighted by Crippen LogP contribution is -2.22. The van der Waals surface area contributed by atoms with E-state index in [1.807, 2.05) is 18.4 Å². The summed E-state index contributed by atoms with van der Waals surface area (Å²) in [6.07, 6.45) is 1.14. The molecule has 0 aliphatic heterocycles. The molecule has 0 unspecified atom stereocenters. The molecule has 5 nitrogen and oxygen atoms in total. The molecule has 0 atom stereocenters. The molecule has 0 bridgehead atoms. The van der Waals surface area contributed by atoms with Crippen LogP contribution in [0, 0.1) is 11.8 Å². The molecule has 0 radical (unpaired) electrons. The van der Waals surface area contributed by atoms with E-state index >= 15 is 0 Å². The highest BCUT2D eigenvalue weighted by atomic mass is 32.1. The summed E-state index contributed by atoms with van der Waals surface area (Å²) >= 11 is 2.66. The van der Waals surface area contributed by atoms with Gasteiger partial charge >= 0.3 is 0 Å².